The van der Waals surface area contributed by atoms with E-state index < -0.39 is 0 Å². The first-order valence-corrected chi connectivity index (χ1v) is 4.59. The van der Waals surface area contributed by atoms with Crippen LogP contribution < -0.4 is 5.32 Å². The van der Waals surface area contributed by atoms with Gasteiger partial charge in [-0.15, -0.1) is 0 Å². The molecule has 74 valence electrons. The number of anilines is 1. The molecule has 0 aliphatic carbocycles. The molecule has 14 heavy (non-hydrogen) atoms. The molecule has 0 amide bonds. The summed E-state index contributed by atoms with van der Waals surface area (Å²) in [6.07, 6.45) is 0. The van der Waals surface area contributed by atoms with Crippen LogP contribution in [0.5, 0.6) is 0 Å². The molecule has 1 atom stereocenters. The van der Waals surface area contributed by atoms with E-state index in [4.69, 9.17) is 16.9 Å². The second kappa shape index (κ2) is 4.83. The lowest BCUT2D eigenvalue weighted by atomic mass is 10.2. The summed E-state index contributed by atoms with van der Waals surface area (Å²) in [5, 5.41) is 11.8. The van der Waals surface area contributed by atoms with Gasteiger partial charge in [0.15, 0.2) is 0 Å². The maximum absolute atomic E-state index is 12.8. The molecule has 1 rings (SSSR count). The van der Waals surface area contributed by atoms with Crippen LogP contribution in [0.25, 0.3) is 0 Å². The molecule has 0 saturated heterocycles. The first-order valence-electron chi connectivity index (χ1n) is 4.21. The van der Waals surface area contributed by atoms with Crippen LogP contribution in [-0.4, -0.2) is 6.54 Å². The summed E-state index contributed by atoms with van der Waals surface area (Å²) in [7, 11) is 0. The second-order valence-electron chi connectivity index (χ2n) is 3.07. The highest BCUT2D eigenvalue weighted by atomic mass is 35.5. The highest BCUT2D eigenvalue weighted by molar-refractivity contribution is 6.30. The molecule has 1 aromatic carbocycles. The fourth-order valence-corrected chi connectivity index (χ4v) is 1.19. The Labute approximate surface area is 87.3 Å². The summed E-state index contributed by atoms with van der Waals surface area (Å²) >= 11 is 5.65. The smallest absolute Gasteiger partial charge is 0.126 e. The van der Waals surface area contributed by atoms with E-state index in [1.165, 1.54) is 12.1 Å². The molecule has 2 nitrogen and oxygen atoms in total. The average Bonchev–Trinajstić information content (AvgIpc) is 2.12. The van der Waals surface area contributed by atoms with Crippen molar-refractivity contribution in [2.24, 2.45) is 5.92 Å². The van der Waals surface area contributed by atoms with Crippen LogP contribution in [-0.2, 0) is 0 Å². The van der Waals surface area contributed by atoms with Gasteiger partial charge in [-0.3, -0.25) is 0 Å². The van der Waals surface area contributed by atoms with E-state index in [1.54, 1.807) is 13.0 Å². The Balaban J connectivity index is 2.64. The Kier molecular flexibility index (Phi) is 3.73. The second-order valence-corrected chi connectivity index (χ2v) is 3.51. The number of rotatable bonds is 3. The van der Waals surface area contributed by atoms with Crippen LogP contribution in [0, 0.1) is 23.1 Å². The van der Waals surface area contributed by atoms with Gasteiger partial charge in [0.1, 0.15) is 5.82 Å². The number of halogens is 2. The molecule has 0 spiro atoms. The van der Waals surface area contributed by atoms with E-state index in [2.05, 4.69) is 11.4 Å². The van der Waals surface area contributed by atoms with Crippen LogP contribution in [0.15, 0.2) is 18.2 Å². The zero-order chi connectivity index (χ0) is 10.6. The topological polar surface area (TPSA) is 35.8 Å². The van der Waals surface area contributed by atoms with Crippen LogP contribution in [0.1, 0.15) is 6.92 Å². The lowest BCUT2D eigenvalue weighted by Crippen LogP contribution is -2.09. The van der Waals surface area contributed by atoms with Crippen LogP contribution in [0.4, 0.5) is 10.1 Å². The van der Waals surface area contributed by atoms with Crippen molar-refractivity contribution in [1.29, 1.82) is 5.26 Å². The van der Waals surface area contributed by atoms with E-state index in [9.17, 15) is 4.39 Å². The lowest BCUT2D eigenvalue weighted by molar-refractivity contribution is 0.628. The quantitative estimate of drug-likeness (QED) is 0.836. The zero-order valence-corrected chi connectivity index (χ0v) is 8.48. The Morgan fingerprint density at radius 2 is 2.29 bits per heavy atom. The van der Waals surface area contributed by atoms with Gasteiger partial charge in [-0.1, -0.05) is 11.6 Å². The third-order valence-electron chi connectivity index (χ3n) is 1.70. The molecule has 0 heterocycles. The van der Waals surface area contributed by atoms with Gasteiger partial charge >= 0.3 is 0 Å². The molecule has 0 fully saturated rings. The lowest BCUT2D eigenvalue weighted by Gasteiger charge is -2.07. The summed E-state index contributed by atoms with van der Waals surface area (Å²) in [5.74, 6) is -0.498. The van der Waals surface area contributed by atoms with Gasteiger partial charge < -0.3 is 5.32 Å². The van der Waals surface area contributed by atoms with Crippen molar-refractivity contribution < 1.29 is 4.39 Å². The van der Waals surface area contributed by atoms with E-state index in [0.29, 0.717) is 17.3 Å². The molecule has 0 bridgehead atoms. The summed E-state index contributed by atoms with van der Waals surface area (Å²) in [5.41, 5.74) is 0.595. The molecular formula is C10H10ClFN2. The van der Waals surface area contributed by atoms with E-state index >= 15 is 0 Å². The van der Waals surface area contributed by atoms with Gasteiger partial charge in [-0.05, 0) is 25.1 Å². The van der Waals surface area contributed by atoms with Crippen molar-refractivity contribution in [2.45, 2.75) is 6.92 Å². The summed E-state index contributed by atoms with van der Waals surface area (Å²) < 4.78 is 12.8. The van der Waals surface area contributed by atoms with Crippen LogP contribution in [0.2, 0.25) is 5.02 Å². The van der Waals surface area contributed by atoms with E-state index in [-0.39, 0.29) is 11.7 Å². The number of nitrogens with zero attached hydrogens (tertiary/aromatic N) is 1. The fourth-order valence-electron chi connectivity index (χ4n) is 0.972. The largest absolute Gasteiger partial charge is 0.384 e. The number of hydrogen-bond donors (Lipinski definition) is 1. The van der Waals surface area contributed by atoms with E-state index in [1.807, 2.05) is 0 Å². The maximum Gasteiger partial charge on any atom is 0.126 e. The Morgan fingerprint density at radius 1 is 1.57 bits per heavy atom. The van der Waals surface area contributed by atoms with Crippen LogP contribution in [0.3, 0.4) is 0 Å². The third-order valence-corrected chi connectivity index (χ3v) is 1.91. The molecule has 0 saturated carbocycles. The van der Waals surface area contributed by atoms with Gasteiger partial charge in [0.2, 0.25) is 0 Å². The fraction of sp³-hybridized carbons (Fsp3) is 0.300. The van der Waals surface area contributed by atoms with Crippen molar-refractivity contribution in [3.8, 4) is 6.07 Å². The van der Waals surface area contributed by atoms with Gasteiger partial charge in [0, 0.05) is 17.3 Å². The van der Waals surface area contributed by atoms with Gasteiger partial charge in [0.25, 0.3) is 0 Å². The molecule has 0 aliphatic rings. The van der Waals surface area contributed by atoms with Gasteiger partial charge in [0.05, 0.1) is 12.0 Å². The average molecular weight is 213 g/mol. The normalized spacial score (nSPS) is 11.9. The van der Waals surface area contributed by atoms with Crippen molar-refractivity contribution >= 4 is 17.3 Å². The summed E-state index contributed by atoms with van der Waals surface area (Å²) in [4.78, 5) is 0. The Morgan fingerprint density at radius 3 is 2.86 bits per heavy atom. The molecule has 1 N–H and O–H groups in total. The van der Waals surface area contributed by atoms with Crippen molar-refractivity contribution in [2.75, 3.05) is 11.9 Å². The molecule has 0 aliphatic heterocycles. The number of hydrogen-bond acceptors (Lipinski definition) is 2. The van der Waals surface area contributed by atoms with Crippen LogP contribution >= 0.6 is 11.6 Å². The maximum atomic E-state index is 12.8. The van der Waals surface area contributed by atoms with Crippen molar-refractivity contribution in [3.63, 3.8) is 0 Å². The summed E-state index contributed by atoms with van der Waals surface area (Å²) in [6.45, 7) is 2.27. The first kappa shape index (κ1) is 10.8. The predicted octanol–water partition coefficient (Wildman–Crippen LogP) is 3.05. The van der Waals surface area contributed by atoms with Gasteiger partial charge in [-0.2, -0.15) is 5.26 Å². The minimum Gasteiger partial charge on any atom is -0.384 e. The molecule has 1 aromatic rings. The minimum atomic E-state index is -0.385. The molecule has 0 aromatic heterocycles. The SMILES string of the molecule is CC(C#N)CNc1cc(F)cc(Cl)c1. The molecular weight excluding hydrogens is 203 g/mol. The minimum absolute atomic E-state index is 0.114. The molecule has 1 unspecified atom stereocenters. The van der Waals surface area contributed by atoms with Crippen molar-refractivity contribution in [1.82, 2.24) is 0 Å². The molecule has 4 heteroatoms. The van der Waals surface area contributed by atoms with Gasteiger partial charge in [-0.25, -0.2) is 4.39 Å². The molecule has 0 radical (unpaired) electrons. The Hall–Kier alpha value is -1.27. The monoisotopic (exact) mass is 212 g/mol. The first-order chi connectivity index (χ1) is 6.61. The zero-order valence-electron chi connectivity index (χ0n) is 7.72. The highest BCUT2D eigenvalue weighted by Gasteiger charge is 2.01. The van der Waals surface area contributed by atoms with Crippen molar-refractivity contribution in [3.05, 3.63) is 29.0 Å². The number of nitriles is 1. The highest BCUT2D eigenvalue weighted by Crippen LogP contribution is 2.18. The number of benzene rings is 1. The summed E-state index contributed by atoms with van der Waals surface area (Å²) in [6, 6.07) is 6.27. The number of nitrogens with one attached hydrogen (secondary N) is 1. The third kappa shape index (κ3) is 3.23. The standard InChI is InChI=1S/C10H10ClFN2/c1-7(5-13)6-14-10-3-8(11)2-9(12)4-10/h2-4,7,14H,6H2,1H3. The predicted molar refractivity (Wildman–Crippen MR) is 54.7 cm³/mol. The Bertz CT molecular complexity index is 339. The van der Waals surface area contributed by atoms with E-state index in [0.717, 1.165) is 0 Å².